The van der Waals surface area contributed by atoms with Crippen molar-refractivity contribution in [2.45, 2.75) is 31.7 Å². The van der Waals surface area contributed by atoms with E-state index in [0.29, 0.717) is 0 Å². The van der Waals surface area contributed by atoms with Crippen molar-refractivity contribution in [3.05, 3.63) is 0 Å². The van der Waals surface area contributed by atoms with Gasteiger partial charge in [0.15, 0.2) is 0 Å². The molecular formula is C15H29N3O. The first-order valence-corrected chi connectivity index (χ1v) is 8.17. The Labute approximate surface area is 117 Å². The van der Waals surface area contributed by atoms with E-state index in [2.05, 4.69) is 15.1 Å². The maximum atomic E-state index is 5.45. The van der Waals surface area contributed by atoms with Gasteiger partial charge in [-0.2, -0.15) is 0 Å². The van der Waals surface area contributed by atoms with E-state index in [1.54, 1.807) is 0 Å². The molecular weight excluding hydrogens is 238 g/mol. The van der Waals surface area contributed by atoms with E-state index >= 15 is 0 Å². The highest BCUT2D eigenvalue weighted by atomic mass is 16.5. The monoisotopic (exact) mass is 267 g/mol. The van der Waals surface area contributed by atoms with Crippen molar-refractivity contribution in [3.8, 4) is 0 Å². The number of likely N-dealkylation sites (tertiary alicyclic amines) is 1. The smallest absolute Gasteiger partial charge is 0.0594 e. The first-order chi connectivity index (χ1) is 9.42. The molecule has 3 heterocycles. The van der Waals surface area contributed by atoms with Gasteiger partial charge in [0.05, 0.1) is 13.2 Å². The number of rotatable bonds is 4. The highest BCUT2D eigenvalue weighted by molar-refractivity contribution is 4.85. The van der Waals surface area contributed by atoms with Crippen molar-refractivity contribution in [1.82, 2.24) is 15.1 Å². The fraction of sp³-hybridized carbons (Fsp3) is 1.00. The van der Waals surface area contributed by atoms with Crippen LogP contribution in [0.5, 0.6) is 0 Å². The summed E-state index contributed by atoms with van der Waals surface area (Å²) in [6.07, 6.45) is 5.56. The predicted molar refractivity (Wildman–Crippen MR) is 77.4 cm³/mol. The third kappa shape index (κ3) is 3.91. The number of hydrogen-bond donors (Lipinski definition) is 1. The van der Waals surface area contributed by atoms with Gasteiger partial charge >= 0.3 is 0 Å². The van der Waals surface area contributed by atoms with Crippen molar-refractivity contribution in [3.63, 3.8) is 0 Å². The van der Waals surface area contributed by atoms with Crippen LogP contribution >= 0.6 is 0 Å². The summed E-state index contributed by atoms with van der Waals surface area (Å²) in [5.74, 6) is 0.976. The number of piperidine rings is 1. The molecule has 0 aromatic rings. The second-order valence-corrected chi connectivity index (χ2v) is 6.37. The molecule has 1 N–H and O–H groups in total. The minimum atomic E-state index is 0.803. The maximum Gasteiger partial charge on any atom is 0.0594 e. The van der Waals surface area contributed by atoms with Crippen molar-refractivity contribution >= 4 is 0 Å². The number of nitrogens with zero attached hydrogens (tertiary/aromatic N) is 2. The van der Waals surface area contributed by atoms with Crippen LogP contribution in [0.4, 0.5) is 0 Å². The minimum absolute atomic E-state index is 0.803. The van der Waals surface area contributed by atoms with Gasteiger partial charge in [0.1, 0.15) is 0 Å². The van der Waals surface area contributed by atoms with Gasteiger partial charge in [-0.25, -0.2) is 0 Å². The third-order valence-corrected chi connectivity index (χ3v) is 5.12. The molecule has 3 aliphatic rings. The summed E-state index contributed by atoms with van der Waals surface area (Å²) in [4.78, 5) is 5.34. The molecule has 0 bridgehead atoms. The van der Waals surface area contributed by atoms with Gasteiger partial charge in [-0.3, -0.25) is 4.90 Å². The van der Waals surface area contributed by atoms with E-state index in [9.17, 15) is 0 Å². The number of hydrogen-bond acceptors (Lipinski definition) is 4. The lowest BCUT2D eigenvalue weighted by atomic mass is 9.94. The van der Waals surface area contributed by atoms with Crippen LogP contribution in [0.3, 0.4) is 0 Å². The molecule has 3 fully saturated rings. The molecule has 0 aromatic heterocycles. The van der Waals surface area contributed by atoms with Crippen molar-refractivity contribution in [2.24, 2.45) is 5.92 Å². The summed E-state index contributed by atoms with van der Waals surface area (Å²) in [6, 6.07) is 0.803. The van der Waals surface area contributed by atoms with Crippen molar-refractivity contribution in [1.29, 1.82) is 0 Å². The molecule has 3 aliphatic heterocycles. The second kappa shape index (κ2) is 7.02. The predicted octanol–water partition coefficient (Wildman–Crippen LogP) is 0.783. The Morgan fingerprint density at radius 2 is 1.79 bits per heavy atom. The second-order valence-electron chi connectivity index (χ2n) is 6.37. The largest absolute Gasteiger partial charge is 0.379 e. The Balaban J connectivity index is 1.36. The molecule has 1 atom stereocenters. The normalized spacial score (nSPS) is 31.9. The summed E-state index contributed by atoms with van der Waals surface area (Å²) < 4.78 is 5.45. The molecule has 4 nitrogen and oxygen atoms in total. The number of morpholine rings is 1. The number of ether oxygens (including phenoxy) is 1. The fourth-order valence-corrected chi connectivity index (χ4v) is 3.79. The van der Waals surface area contributed by atoms with Crippen LogP contribution in [0.15, 0.2) is 0 Å². The van der Waals surface area contributed by atoms with Crippen LogP contribution in [-0.4, -0.2) is 74.9 Å². The van der Waals surface area contributed by atoms with E-state index in [-0.39, 0.29) is 0 Å². The summed E-state index contributed by atoms with van der Waals surface area (Å²) in [6.45, 7) is 10.6. The average Bonchev–Trinajstić information content (AvgIpc) is 2.96. The minimum Gasteiger partial charge on any atom is -0.379 e. The summed E-state index contributed by atoms with van der Waals surface area (Å²) in [5.41, 5.74) is 0. The molecule has 0 aromatic carbocycles. The Morgan fingerprint density at radius 1 is 1.00 bits per heavy atom. The molecule has 0 saturated carbocycles. The van der Waals surface area contributed by atoms with E-state index in [0.717, 1.165) is 38.3 Å². The average molecular weight is 267 g/mol. The van der Waals surface area contributed by atoms with Gasteiger partial charge < -0.3 is 15.0 Å². The topological polar surface area (TPSA) is 27.7 Å². The highest BCUT2D eigenvalue weighted by Crippen LogP contribution is 2.20. The first kappa shape index (κ1) is 13.8. The molecule has 1 unspecified atom stereocenters. The zero-order valence-electron chi connectivity index (χ0n) is 12.1. The molecule has 0 radical (unpaired) electrons. The Kier molecular flexibility index (Phi) is 5.10. The Bertz CT molecular complexity index is 262. The molecule has 3 rings (SSSR count). The lowest BCUT2D eigenvalue weighted by molar-refractivity contribution is 0.0184. The quantitative estimate of drug-likeness (QED) is 0.815. The molecule has 19 heavy (non-hydrogen) atoms. The van der Waals surface area contributed by atoms with Gasteiger partial charge in [-0.1, -0.05) is 0 Å². The first-order valence-electron chi connectivity index (χ1n) is 8.17. The molecule has 0 spiro atoms. The van der Waals surface area contributed by atoms with E-state index < -0.39 is 0 Å². The zero-order valence-corrected chi connectivity index (χ0v) is 12.1. The van der Waals surface area contributed by atoms with Crippen LogP contribution in [0, 0.1) is 5.92 Å². The van der Waals surface area contributed by atoms with Crippen LogP contribution in [0.2, 0.25) is 0 Å². The zero-order chi connectivity index (χ0) is 12.9. The summed E-state index contributed by atoms with van der Waals surface area (Å²) in [7, 11) is 0. The van der Waals surface area contributed by atoms with Crippen molar-refractivity contribution in [2.75, 3.05) is 59.0 Å². The third-order valence-electron chi connectivity index (χ3n) is 5.12. The van der Waals surface area contributed by atoms with Gasteiger partial charge in [0.2, 0.25) is 0 Å². The molecule has 4 heteroatoms. The van der Waals surface area contributed by atoms with Crippen LogP contribution in [-0.2, 0) is 4.74 Å². The molecule has 110 valence electrons. The lowest BCUT2D eigenvalue weighted by Gasteiger charge is -2.32. The molecule has 0 aliphatic carbocycles. The molecule has 0 amide bonds. The van der Waals surface area contributed by atoms with Crippen LogP contribution in [0.25, 0.3) is 0 Å². The van der Waals surface area contributed by atoms with Gasteiger partial charge in [-0.05, 0) is 57.8 Å². The maximum absolute atomic E-state index is 5.45. The Hall–Kier alpha value is -0.160. The van der Waals surface area contributed by atoms with E-state index in [1.165, 1.54) is 58.4 Å². The number of nitrogens with one attached hydrogen (secondary N) is 1. The summed E-state index contributed by atoms with van der Waals surface area (Å²) >= 11 is 0. The SMILES string of the molecule is C1CC(CCN2CCC(N3CCOCC3)C2)CCN1. The summed E-state index contributed by atoms with van der Waals surface area (Å²) in [5, 5.41) is 3.46. The highest BCUT2D eigenvalue weighted by Gasteiger charge is 2.28. The standard InChI is InChI=1S/C15H29N3O/c1-5-16-6-2-14(1)3-7-17-8-4-15(13-17)18-9-11-19-12-10-18/h14-16H,1-13H2. The van der Waals surface area contributed by atoms with Crippen LogP contribution in [0.1, 0.15) is 25.7 Å². The van der Waals surface area contributed by atoms with Crippen molar-refractivity contribution < 1.29 is 4.74 Å². The van der Waals surface area contributed by atoms with E-state index in [1.807, 2.05) is 0 Å². The molecule has 3 saturated heterocycles. The lowest BCUT2D eigenvalue weighted by Crippen LogP contribution is -2.44. The van der Waals surface area contributed by atoms with Crippen LogP contribution < -0.4 is 5.32 Å². The van der Waals surface area contributed by atoms with Gasteiger partial charge in [0.25, 0.3) is 0 Å². The Morgan fingerprint density at radius 3 is 2.58 bits per heavy atom. The van der Waals surface area contributed by atoms with E-state index in [4.69, 9.17) is 4.74 Å². The van der Waals surface area contributed by atoms with Gasteiger partial charge in [0, 0.05) is 25.7 Å². The fourth-order valence-electron chi connectivity index (χ4n) is 3.79. The van der Waals surface area contributed by atoms with Gasteiger partial charge in [-0.15, -0.1) is 0 Å².